The molecule has 1 unspecified atom stereocenters. The second kappa shape index (κ2) is 6.41. The van der Waals surface area contributed by atoms with Crippen molar-refractivity contribution in [1.82, 2.24) is 5.32 Å². The van der Waals surface area contributed by atoms with Crippen LogP contribution >= 0.6 is 0 Å². The van der Waals surface area contributed by atoms with E-state index in [2.05, 4.69) is 5.32 Å². The van der Waals surface area contributed by atoms with Crippen molar-refractivity contribution in [3.8, 4) is 0 Å². The fourth-order valence-electron chi connectivity index (χ4n) is 1.79. The Bertz CT molecular complexity index is 502. The van der Waals surface area contributed by atoms with Crippen molar-refractivity contribution in [2.75, 3.05) is 18.5 Å². The number of hydrogen-bond donors (Lipinski definition) is 2. The van der Waals surface area contributed by atoms with Crippen LogP contribution in [0.2, 0.25) is 0 Å². The average molecular weight is 278 g/mol. The largest absolute Gasteiger partial charge is 0.481 e. The molecule has 0 fully saturated rings. The molecule has 5 heteroatoms. The second-order valence-electron chi connectivity index (χ2n) is 5.22. The Kier molecular flexibility index (Phi) is 5.13. The number of benzene rings is 1. The molecule has 20 heavy (non-hydrogen) atoms. The highest BCUT2D eigenvalue weighted by Gasteiger charge is 2.31. The number of carbonyl (C=O) groups excluding carboxylic acids is 1. The van der Waals surface area contributed by atoms with Crippen LogP contribution in [0.4, 0.5) is 10.5 Å². The molecule has 0 aliphatic carbocycles. The molecule has 0 spiro atoms. The van der Waals surface area contributed by atoms with Crippen LogP contribution in [0.5, 0.6) is 0 Å². The SMILES string of the molecule is CCC(C)(CNC(=O)N(C)c1ccccc1C)C(=O)O. The minimum Gasteiger partial charge on any atom is -0.481 e. The maximum absolute atomic E-state index is 12.1. The van der Waals surface area contributed by atoms with Gasteiger partial charge < -0.3 is 10.4 Å². The summed E-state index contributed by atoms with van der Waals surface area (Å²) < 4.78 is 0. The van der Waals surface area contributed by atoms with Crippen LogP contribution in [0.3, 0.4) is 0 Å². The molecule has 0 aromatic heterocycles. The topological polar surface area (TPSA) is 69.6 Å². The van der Waals surface area contributed by atoms with Gasteiger partial charge in [0.05, 0.1) is 5.41 Å². The Morgan fingerprint density at radius 1 is 1.35 bits per heavy atom. The van der Waals surface area contributed by atoms with E-state index in [4.69, 9.17) is 0 Å². The molecule has 0 saturated heterocycles. The molecule has 1 aromatic rings. The summed E-state index contributed by atoms with van der Waals surface area (Å²) in [5.74, 6) is -0.904. The van der Waals surface area contributed by atoms with Gasteiger partial charge in [0.25, 0.3) is 0 Å². The Hall–Kier alpha value is -2.04. The number of nitrogens with zero attached hydrogens (tertiary/aromatic N) is 1. The van der Waals surface area contributed by atoms with Gasteiger partial charge in [0.2, 0.25) is 0 Å². The molecule has 0 aliphatic rings. The number of aryl methyl sites for hydroxylation is 1. The first kappa shape index (κ1) is 16.0. The van der Waals surface area contributed by atoms with Crippen molar-refractivity contribution in [2.24, 2.45) is 5.41 Å². The highest BCUT2D eigenvalue weighted by atomic mass is 16.4. The van der Waals surface area contributed by atoms with Crippen molar-refractivity contribution >= 4 is 17.7 Å². The van der Waals surface area contributed by atoms with E-state index in [-0.39, 0.29) is 12.6 Å². The van der Waals surface area contributed by atoms with Crippen molar-refractivity contribution in [2.45, 2.75) is 27.2 Å². The molecule has 1 atom stereocenters. The van der Waals surface area contributed by atoms with Crippen LogP contribution in [0, 0.1) is 12.3 Å². The summed E-state index contributed by atoms with van der Waals surface area (Å²) in [6.45, 7) is 5.45. The number of rotatable bonds is 5. The van der Waals surface area contributed by atoms with Gasteiger partial charge in [-0.3, -0.25) is 9.69 Å². The third kappa shape index (κ3) is 3.50. The highest BCUT2D eigenvalue weighted by Crippen LogP contribution is 2.21. The molecule has 2 amide bonds. The molecule has 0 radical (unpaired) electrons. The molecule has 2 N–H and O–H groups in total. The Morgan fingerprint density at radius 3 is 2.45 bits per heavy atom. The van der Waals surface area contributed by atoms with Crippen LogP contribution in [0.25, 0.3) is 0 Å². The van der Waals surface area contributed by atoms with Gasteiger partial charge in [-0.25, -0.2) is 4.79 Å². The summed E-state index contributed by atoms with van der Waals surface area (Å²) in [6, 6.07) is 7.24. The fraction of sp³-hybridized carbons (Fsp3) is 0.467. The van der Waals surface area contributed by atoms with Crippen LogP contribution in [-0.2, 0) is 4.79 Å². The van der Waals surface area contributed by atoms with E-state index in [0.717, 1.165) is 11.3 Å². The summed E-state index contributed by atoms with van der Waals surface area (Å²) in [7, 11) is 1.67. The molecule has 5 nitrogen and oxygen atoms in total. The molecule has 110 valence electrons. The van der Waals surface area contributed by atoms with E-state index < -0.39 is 11.4 Å². The Labute approximate surface area is 119 Å². The maximum Gasteiger partial charge on any atom is 0.321 e. The van der Waals surface area contributed by atoms with Gasteiger partial charge in [-0.1, -0.05) is 25.1 Å². The normalized spacial score (nSPS) is 13.4. The van der Waals surface area contributed by atoms with E-state index in [0.29, 0.717) is 6.42 Å². The smallest absolute Gasteiger partial charge is 0.321 e. The van der Waals surface area contributed by atoms with Gasteiger partial charge in [0.15, 0.2) is 0 Å². The first-order chi connectivity index (χ1) is 9.31. The number of anilines is 1. The summed E-state index contributed by atoms with van der Waals surface area (Å²) in [5.41, 5.74) is 0.850. The van der Waals surface area contributed by atoms with Crippen LogP contribution < -0.4 is 10.2 Å². The zero-order chi connectivity index (χ0) is 15.3. The van der Waals surface area contributed by atoms with Crippen LogP contribution in [-0.4, -0.2) is 30.7 Å². The maximum atomic E-state index is 12.1. The predicted octanol–water partition coefficient (Wildman–Crippen LogP) is 2.64. The lowest BCUT2D eigenvalue weighted by Gasteiger charge is -2.26. The standard InChI is InChI=1S/C15H22N2O3/c1-5-15(3,13(18)19)10-16-14(20)17(4)12-9-7-6-8-11(12)2/h6-9H,5,10H2,1-4H3,(H,16,20)(H,18,19). The highest BCUT2D eigenvalue weighted by molar-refractivity contribution is 5.92. The Balaban J connectivity index is 2.73. The molecule has 1 aromatic carbocycles. The quantitative estimate of drug-likeness (QED) is 0.870. The second-order valence-corrected chi connectivity index (χ2v) is 5.22. The van der Waals surface area contributed by atoms with Gasteiger partial charge in [0, 0.05) is 19.3 Å². The van der Waals surface area contributed by atoms with Gasteiger partial charge in [0.1, 0.15) is 0 Å². The zero-order valence-corrected chi connectivity index (χ0v) is 12.4. The van der Waals surface area contributed by atoms with E-state index in [9.17, 15) is 14.7 Å². The summed E-state index contributed by atoms with van der Waals surface area (Å²) in [6.07, 6.45) is 0.455. The molecular formula is C15H22N2O3. The van der Waals surface area contributed by atoms with Gasteiger partial charge >= 0.3 is 12.0 Å². The molecule has 0 aliphatic heterocycles. The van der Waals surface area contributed by atoms with Crippen molar-refractivity contribution < 1.29 is 14.7 Å². The monoisotopic (exact) mass is 278 g/mol. The lowest BCUT2D eigenvalue weighted by atomic mass is 9.88. The average Bonchev–Trinajstić information content (AvgIpc) is 2.43. The van der Waals surface area contributed by atoms with E-state index in [1.54, 1.807) is 20.9 Å². The molecular weight excluding hydrogens is 256 g/mol. The lowest BCUT2D eigenvalue weighted by molar-refractivity contribution is -0.147. The summed E-state index contributed by atoms with van der Waals surface area (Å²) in [4.78, 5) is 24.8. The predicted molar refractivity (Wildman–Crippen MR) is 79.0 cm³/mol. The zero-order valence-electron chi connectivity index (χ0n) is 12.4. The van der Waals surface area contributed by atoms with Gasteiger partial charge in [-0.05, 0) is 31.9 Å². The minimum atomic E-state index is -0.942. The van der Waals surface area contributed by atoms with Crippen molar-refractivity contribution in [1.29, 1.82) is 0 Å². The number of para-hydroxylation sites is 1. The van der Waals surface area contributed by atoms with Crippen molar-refractivity contribution in [3.05, 3.63) is 29.8 Å². The number of urea groups is 1. The van der Waals surface area contributed by atoms with E-state index >= 15 is 0 Å². The van der Waals surface area contributed by atoms with Crippen molar-refractivity contribution in [3.63, 3.8) is 0 Å². The third-order valence-corrected chi connectivity index (χ3v) is 3.71. The number of aliphatic carboxylic acids is 1. The number of amides is 2. The number of carboxylic acids is 1. The van der Waals surface area contributed by atoms with Crippen LogP contribution in [0.15, 0.2) is 24.3 Å². The minimum absolute atomic E-state index is 0.105. The summed E-state index contributed by atoms with van der Waals surface area (Å²) >= 11 is 0. The first-order valence-corrected chi connectivity index (χ1v) is 6.62. The number of carbonyl (C=O) groups is 2. The molecule has 0 heterocycles. The van der Waals surface area contributed by atoms with Gasteiger partial charge in [-0.2, -0.15) is 0 Å². The van der Waals surface area contributed by atoms with Gasteiger partial charge in [-0.15, -0.1) is 0 Å². The lowest BCUT2D eigenvalue weighted by Crippen LogP contribution is -2.45. The van der Waals surface area contributed by atoms with E-state index in [1.165, 1.54) is 4.90 Å². The molecule has 1 rings (SSSR count). The number of nitrogens with one attached hydrogen (secondary N) is 1. The molecule has 0 saturated carbocycles. The molecule has 0 bridgehead atoms. The van der Waals surface area contributed by atoms with Crippen LogP contribution in [0.1, 0.15) is 25.8 Å². The first-order valence-electron chi connectivity index (χ1n) is 6.62. The summed E-state index contributed by atoms with van der Waals surface area (Å²) in [5, 5.41) is 11.9. The third-order valence-electron chi connectivity index (χ3n) is 3.71. The van der Waals surface area contributed by atoms with E-state index in [1.807, 2.05) is 31.2 Å². The number of hydrogen-bond acceptors (Lipinski definition) is 2. The fourth-order valence-corrected chi connectivity index (χ4v) is 1.79. The number of carboxylic acid groups (broad SMARTS) is 1. The Morgan fingerprint density at radius 2 is 1.95 bits per heavy atom.